The molecule has 2 aliphatic rings. The van der Waals surface area contributed by atoms with E-state index in [1.807, 2.05) is 54.6 Å². The number of nitrogens with one attached hydrogen (secondary N) is 2. The number of nitrogens with zero attached hydrogens (tertiary/aromatic N) is 2. The van der Waals surface area contributed by atoms with Crippen LogP contribution in [0, 0.1) is 11.8 Å². The van der Waals surface area contributed by atoms with Crippen molar-refractivity contribution in [1.82, 2.24) is 19.9 Å². The summed E-state index contributed by atoms with van der Waals surface area (Å²) in [7, 11) is 0. The second-order valence-electron chi connectivity index (χ2n) is 13.8. The van der Waals surface area contributed by atoms with Gasteiger partial charge in [-0.05, 0) is 76.9 Å². The van der Waals surface area contributed by atoms with Crippen LogP contribution in [0.1, 0.15) is 33.9 Å². The molecule has 8 bridgehead atoms. The number of aromatic nitrogens is 4. The van der Waals surface area contributed by atoms with E-state index in [0.717, 1.165) is 100 Å². The number of hydrogen-bond donors (Lipinski definition) is 2. The summed E-state index contributed by atoms with van der Waals surface area (Å²) in [6.07, 6.45) is 8.53. The van der Waals surface area contributed by atoms with Crippen molar-refractivity contribution >= 4 is 46.4 Å². The quantitative estimate of drug-likeness (QED) is 0.178. The van der Waals surface area contributed by atoms with E-state index >= 15 is 0 Å². The van der Waals surface area contributed by atoms with Gasteiger partial charge in [-0.15, -0.1) is 0 Å². The SMILES string of the molecule is C(#Cc1cc2[nH]c1c(-c1ccccc1)c1nc(c(-c3ccccc3)c3ccc([nH]3)c(-c3ccccc3)c3nc(c2-c2ccccc2)C=C3)C=C1)c1ccccc1. The maximum absolute atomic E-state index is 5.46. The van der Waals surface area contributed by atoms with Gasteiger partial charge in [0.15, 0.2) is 0 Å². The zero-order chi connectivity index (χ0) is 37.3. The van der Waals surface area contributed by atoms with Crippen LogP contribution < -0.4 is 0 Å². The molecule has 0 fully saturated rings. The zero-order valence-electron chi connectivity index (χ0n) is 30.4. The highest BCUT2D eigenvalue weighted by Crippen LogP contribution is 2.39. The van der Waals surface area contributed by atoms with Crippen molar-refractivity contribution in [3.05, 3.63) is 204 Å². The Labute approximate surface area is 325 Å². The minimum Gasteiger partial charge on any atom is -0.354 e. The smallest absolute Gasteiger partial charge is 0.0737 e. The molecule has 5 aromatic carbocycles. The molecule has 2 N–H and O–H groups in total. The minimum atomic E-state index is 0.848. The summed E-state index contributed by atoms with van der Waals surface area (Å²) in [5, 5.41) is 0. The van der Waals surface area contributed by atoms with Crippen LogP contribution in [-0.2, 0) is 0 Å². The Morgan fingerprint density at radius 1 is 0.339 bits per heavy atom. The van der Waals surface area contributed by atoms with Crippen LogP contribution >= 0.6 is 0 Å². The first-order valence-corrected chi connectivity index (χ1v) is 18.8. The Balaban J connectivity index is 1.42. The van der Waals surface area contributed by atoms with Crippen molar-refractivity contribution in [3.63, 3.8) is 0 Å². The molecule has 262 valence electrons. The summed E-state index contributed by atoms with van der Waals surface area (Å²) >= 11 is 0. The predicted molar refractivity (Wildman–Crippen MR) is 233 cm³/mol. The fourth-order valence-electron chi connectivity index (χ4n) is 7.68. The molecule has 2 aliphatic heterocycles. The van der Waals surface area contributed by atoms with Crippen LogP contribution in [0.4, 0.5) is 0 Å². The summed E-state index contributed by atoms with van der Waals surface area (Å²) in [6.45, 7) is 0. The lowest BCUT2D eigenvalue weighted by Crippen LogP contribution is -1.90. The van der Waals surface area contributed by atoms with Crippen LogP contribution in [0.2, 0.25) is 0 Å². The lowest BCUT2D eigenvalue weighted by Gasteiger charge is -2.07. The summed E-state index contributed by atoms with van der Waals surface area (Å²) in [4.78, 5) is 18.6. The van der Waals surface area contributed by atoms with E-state index in [1.54, 1.807) is 0 Å². The molecule has 0 aliphatic carbocycles. The van der Waals surface area contributed by atoms with Gasteiger partial charge in [-0.2, -0.15) is 0 Å². The lowest BCUT2D eigenvalue weighted by molar-refractivity contribution is 1.31. The molecule has 3 aromatic heterocycles. The first kappa shape index (κ1) is 32.9. The maximum atomic E-state index is 5.46. The molecule has 0 saturated heterocycles. The Hall–Kier alpha value is -7.74. The number of rotatable bonds is 4. The van der Waals surface area contributed by atoms with Crippen LogP contribution in [0.25, 0.3) is 90.9 Å². The molecule has 0 unspecified atom stereocenters. The minimum absolute atomic E-state index is 0.848. The third-order valence-corrected chi connectivity index (χ3v) is 10.2. The number of benzene rings is 5. The van der Waals surface area contributed by atoms with Crippen molar-refractivity contribution in [2.75, 3.05) is 0 Å². The molecule has 8 aromatic rings. The summed E-state index contributed by atoms with van der Waals surface area (Å²) < 4.78 is 0. The fraction of sp³-hybridized carbons (Fsp3) is 0. The van der Waals surface area contributed by atoms with Gasteiger partial charge in [0, 0.05) is 44.4 Å². The van der Waals surface area contributed by atoms with Gasteiger partial charge in [-0.25, -0.2) is 9.97 Å². The third kappa shape index (κ3) is 6.14. The van der Waals surface area contributed by atoms with Gasteiger partial charge in [0.1, 0.15) is 0 Å². The monoisotopic (exact) mass is 714 g/mol. The molecule has 4 heteroatoms. The molecule has 0 radical (unpaired) electrons. The van der Waals surface area contributed by atoms with Crippen molar-refractivity contribution in [2.45, 2.75) is 0 Å². The van der Waals surface area contributed by atoms with Gasteiger partial charge in [-0.3, -0.25) is 0 Å². The second kappa shape index (κ2) is 14.2. The van der Waals surface area contributed by atoms with Gasteiger partial charge in [0.25, 0.3) is 0 Å². The molecular weight excluding hydrogens is 681 g/mol. The highest BCUT2D eigenvalue weighted by atomic mass is 14.8. The number of fused-ring (bicyclic) bond motifs is 8. The Kier molecular flexibility index (Phi) is 8.36. The van der Waals surface area contributed by atoms with Crippen molar-refractivity contribution in [2.24, 2.45) is 0 Å². The van der Waals surface area contributed by atoms with Gasteiger partial charge in [-0.1, -0.05) is 151 Å². The van der Waals surface area contributed by atoms with E-state index in [4.69, 9.17) is 9.97 Å². The van der Waals surface area contributed by atoms with E-state index in [0.29, 0.717) is 0 Å². The van der Waals surface area contributed by atoms with Gasteiger partial charge < -0.3 is 9.97 Å². The second-order valence-corrected chi connectivity index (χ2v) is 13.8. The number of hydrogen-bond acceptors (Lipinski definition) is 2. The first-order valence-electron chi connectivity index (χ1n) is 18.8. The molecule has 10 rings (SSSR count). The Bertz CT molecular complexity index is 3040. The highest BCUT2D eigenvalue weighted by Gasteiger charge is 2.20. The molecular formula is C52H34N4. The maximum Gasteiger partial charge on any atom is 0.0737 e. The molecule has 0 spiro atoms. The zero-order valence-corrected chi connectivity index (χ0v) is 30.4. The average Bonchev–Trinajstić information content (AvgIpc) is 4.10. The molecule has 0 amide bonds. The largest absolute Gasteiger partial charge is 0.354 e. The fourth-order valence-corrected chi connectivity index (χ4v) is 7.68. The van der Waals surface area contributed by atoms with E-state index in [9.17, 15) is 0 Å². The Morgan fingerprint density at radius 3 is 1.16 bits per heavy atom. The third-order valence-electron chi connectivity index (χ3n) is 10.2. The average molecular weight is 715 g/mol. The van der Waals surface area contributed by atoms with E-state index in [2.05, 4.69) is 161 Å². The molecule has 0 atom stereocenters. The molecule has 5 heterocycles. The summed E-state index contributed by atoms with van der Waals surface area (Å²) in [5.74, 6) is 7.02. The van der Waals surface area contributed by atoms with Crippen molar-refractivity contribution in [3.8, 4) is 56.3 Å². The van der Waals surface area contributed by atoms with Gasteiger partial charge in [0.05, 0.1) is 33.9 Å². The normalized spacial score (nSPS) is 11.6. The van der Waals surface area contributed by atoms with Crippen LogP contribution in [0.15, 0.2) is 170 Å². The van der Waals surface area contributed by atoms with Gasteiger partial charge >= 0.3 is 0 Å². The molecule has 0 saturated carbocycles. The summed E-state index contributed by atoms with van der Waals surface area (Å²) in [6, 6.07) is 58.6. The first-order chi connectivity index (χ1) is 27.8. The highest BCUT2D eigenvalue weighted by molar-refractivity contribution is 6.01. The van der Waals surface area contributed by atoms with E-state index in [-0.39, 0.29) is 0 Å². The topological polar surface area (TPSA) is 57.4 Å². The van der Waals surface area contributed by atoms with Crippen molar-refractivity contribution in [1.29, 1.82) is 0 Å². The van der Waals surface area contributed by atoms with Gasteiger partial charge in [0.2, 0.25) is 0 Å². The predicted octanol–water partition coefficient (Wildman–Crippen LogP) is 12.7. The van der Waals surface area contributed by atoms with Crippen molar-refractivity contribution < 1.29 is 0 Å². The number of H-pyrrole nitrogens is 2. The number of aromatic amines is 2. The van der Waals surface area contributed by atoms with E-state index in [1.165, 1.54) is 0 Å². The van der Waals surface area contributed by atoms with Crippen LogP contribution in [0.5, 0.6) is 0 Å². The lowest BCUT2D eigenvalue weighted by atomic mass is 10.0. The van der Waals surface area contributed by atoms with E-state index < -0.39 is 0 Å². The standard InChI is InChI=1S/C52H34N4/c1-6-16-35(17-7-1)26-27-40-34-47-50(38-22-12-4-13-23-38)45-31-30-43(54-45)48(36-18-8-2-9-19-36)41-28-29-42(53-41)49(37-20-10-3-11-21-37)44-32-33-46(55-44)51(52(40)56-47)39-24-14-5-15-25-39/h1-25,28-34,53,56H. The molecule has 4 nitrogen and oxygen atoms in total. The van der Waals surface area contributed by atoms with Crippen LogP contribution in [0.3, 0.4) is 0 Å². The molecule has 56 heavy (non-hydrogen) atoms. The van der Waals surface area contributed by atoms with Crippen LogP contribution in [-0.4, -0.2) is 19.9 Å². The summed E-state index contributed by atoms with van der Waals surface area (Å²) in [5.41, 5.74) is 17.3. The Morgan fingerprint density at radius 2 is 0.714 bits per heavy atom.